The molecule has 0 unspecified atom stereocenters. The first-order valence-electron chi connectivity index (χ1n) is 4.06. The zero-order chi connectivity index (χ0) is 7.40. The van der Waals surface area contributed by atoms with Crippen molar-refractivity contribution in [3.8, 4) is 0 Å². The van der Waals surface area contributed by atoms with Gasteiger partial charge in [-0.3, -0.25) is 0 Å². The summed E-state index contributed by atoms with van der Waals surface area (Å²) in [4.78, 5) is 1.65. The molecule has 0 amide bonds. The lowest BCUT2D eigenvalue weighted by atomic mass is 10.2. The van der Waals surface area contributed by atoms with Gasteiger partial charge in [-0.15, -0.1) is 0 Å². The number of rotatable bonds is 2. The van der Waals surface area contributed by atoms with E-state index >= 15 is 0 Å². The van der Waals surface area contributed by atoms with Crippen LogP contribution in [-0.2, 0) is 4.74 Å². The lowest BCUT2D eigenvalue weighted by Gasteiger charge is -2.27. The monoisotopic (exact) mass is 146 g/mol. The van der Waals surface area contributed by atoms with Gasteiger partial charge >= 0.3 is 0 Å². The third kappa shape index (κ3) is 1.94. The molecule has 0 aromatic heterocycles. The van der Waals surface area contributed by atoms with E-state index in [0.29, 0.717) is 6.04 Å². The van der Waals surface area contributed by atoms with Crippen molar-refractivity contribution in [3.05, 3.63) is 0 Å². The van der Waals surface area contributed by atoms with Gasteiger partial charge in [0, 0.05) is 0 Å². The Morgan fingerprint density at radius 1 is 1.50 bits per heavy atom. The topological polar surface area (TPSA) is 41.3 Å². The Hall–Kier alpha value is -0.120. The van der Waals surface area contributed by atoms with Crippen LogP contribution in [0.5, 0.6) is 0 Å². The Kier molecular flexibility index (Phi) is 3.12. The standard InChI is InChI=1S/C7H16N2O/c1-7(6-8)9-2-4-10-5-3-9/h7H,2-6,8H2,1H3/p+2/t7-/m1/s1. The summed E-state index contributed by atoms with van der Waals surface area (Å²) in [5.41, 5.74) is 3.90. The molecule has 0 aliphatic carbocycles. The van der Waals surface area contributed by atoms with Crippen molar-refractivity contribution in [2.45, 2.75) is 13.0 Å². The van der Waals surface area contributed by atoms with Crippen LogP contribution in [0.3, 0.4) is 0 Å². The largest absolute Gasteiger partial charge is 0.370 e. The molecule has 10 heavy (non-hydrogen) atoms. The van der Waals surface area contributed by atoms with E-state index < -0.39 is 0 Å². The number of hydrogen-bond donors (Lipinski definition) is 2. The highest BCUT2D eigenvalue weighted by molar-refractivity contribution is 4.45. The van der Waals surface area contributed by atoms with E-state index in [1.165, 1.54) is 0 Å². The summed E-state index contributed by atoms with van der Waals surface area (Å²) in [6.07, 6.45) is 0. The molecule has 0 aromatic carbocycles. The summed E-state index contributed by atoms with van der Waals surface area (Å²) in [5.74, 6) is 0. The summed E-state index contributed by atoms with van der Waals surface area (Å²) in [5, 5.41) is 0. The molecule has 1 atom stereocenters. The van der Waals surface area contributed by atoms with Crippen LogP contribution >= 0.6 is 0 Å². The van der Waals surface area contributed by atoms with E-state index in [-0.39, 0.29) is 0 Å². The van der Waals surface area contributed by atoms with Gasteiger partial charge in [0.25, 0.3) is 0 Å². The van der Waals surface area contributed by atoms with Gasteiger partial charge in [0.05, 0.1) is 13.2 Å². The molecule has 3 nitrogen and oxygen atoms in total. The normalized spacial score (nSPS) is 24.6. The first-order chi connectivity index (χ1) is 4.84. The first-order valence-corrected chi connectivity index (χ1v) is 4.06. The molecule has 1 aliphatic rings. The van der Waals surface area contributed by atoms with Gasteiger partial charge in [0.15, 0.2) is 0 Å². The summed E-state index contributed by atoms with van der Waals surface area (Å²) in [6, 6.07) is 0.712. The molecular weight excluding hydrogens is 128 g/mol. The molecule has 1 heterocycles. The first kappa shape index (κ1) is 7.98. The molecule has 1 rings (SSSR count). The second kappa shape index (κ2) is 3.91. The molecule has 0 bridgehead atoms. The molecule has 4 N–H and O–H groups in total. The zero-order valence-corrected chi connectivity index (χ0v) is 6.73. The third-order valence-corrected chi connectivity index (χ3v) is 2.26. The highest BCUT2D eigenvalue weighted by Gasteiger charge is 2.19. The average Bonchev–Trinajstić information content (AvgIpc) is 2.05. The SMILES string of the molecule is C[C@H](C[NH3+])[NH+]1CCOCC1. The fourth-order valence-corrected chi connectivity index (χ4v) is 1.33. The van der Waals surface area contributed by atoms with Crippen LogP contribution in [0.4, 0.5) is 0 Å². The van der Waals surface area contributed by atoms with Crippen molar-refractivity contribution in [1.29, 1.82) is 0 Å². The van der Waals surface area contributed by atoms with Crippen LogP contribution in [0.15, 0.2) is 0 Å². The maximum absolute atomic E-state index is 5.25. The quantitative estimate of drug-likeness (QED) is 0.445. The van der Waals surface area contributed by atoms with E-state index in [4.69, 9.17) is 4.74 Å². The van der Waals surface area contributed by atoms with Gasteiger partial charge in [-0.2, -0.15) is 0 Å². The van der Waals surface area contributed by atoms with Crippen molar-refractivity contribution in [3.63, 3.8) is 0 Å². The van der Waals surface area contributed by atoms with Gasteiger partial charge < -0.3 is 15.4 Å². The minimum atomic E-state index is 0.712. The van der Waals surface area contributed by atoms with Crippen LogP contribution < -0.4 is 10.6 Å². The molecule has 0 radical (unpaired) electrons. The fourth-order valence-electron chi connectivity index (χ4n) is 1.33. The van der Waals surface area contributed by atoms with Gasteiger partial charge in [0.1, 0.15) is 25.7 Å². The molecule has 1 fully saturated rings. The van der Waals surface area contributed by atoms with Crippen LogP contribution in [-0.4, -0.2) is 38.9 Å². The summed E-state index contributed by atoms with van der Waals surface area (Å²) >= 11 is 0. The molecular formula is C7H18N2O+2. The molecule has 0 aromatic rings. The van der Waals surface area contributed by atoms with E-state index in [1.54, 1.807) is 4.90 Å². The van der Waals surface area contributed by atoms with Gasteiger partial charge in [-0.1, -0.05) is 0 Å². The number of quaternary nitrogens is 2. The Balaban J connectivity index is 2.24. The maximum Gasteiger partial charge on any atom is 0.134 e. The van der Waals surface area contributed by atoms with Crippen molar-refractivity contribution < 1.29 is 15.4 Å². The Morgan fingerprint density at radius 3 is 2.60 bits per heavy atom. The molecule has 3 heteroatoms. The maximum atomic E-state index is 5.25. The second-order valence-electron chi connectivity index (χ2n) is 2.96. The lowest BCUT2D eigenvalue weighted by molar-refractivity contribution is -0.936. The smallest absolute Gasteiger partial charge is 0.134 e. The van der Waals surface area contributed by atoms with Crippen LogP contribution in [0.1, 0.15) is 6.92 Å². The fraction of sp³-hybridized carbons (Fsp3) is 1.00. The van der Waals surface area contributed by atoms with Gasteiger partial charge in [-0.05, 0) is 6.92 Å². The molecule has 0 saturated carbocycles. The Bertz CT molecular complexity index is 91.6. The zero-order valence-electron chi connectivity index (χ0n) is 6.73. The van der Waals surface area contributed by atoms with E-state index in [9.17, 15) is 0 Å². The molecule has 60 valence electrons. The third-order valence-electron chi connectivity index (χ3n) is 2.26. The number of ether oxygens (including phenoxy) is 1. The molecule has 1 aliphatic heterocycles. The summed E-state index contributed by atoms with van der Waals surface area (Å²) in [6.45, 7) is 7.48. The van der Waals surface area contributed by atoms with E-state index in [1.807, 2.05) is 0 Å². The molecule has 1 saturated heterocycles. The predicted octanol–water partition coefficient (Wildman–Crippen LogP) is -2.47. The lowest BCUT2D eigenvalue weighted by Crippen LogP contribution is -3.18. The number of nitrogens with one attached hydrogen (secondary N) is 1. The van der Waals surface area contributed by atoms with Crippen molar-refractivity contribution in [1.82, 2.24) is 0 Å². The van der Waals surface area contributed by atoms with E-state index in [2.05, 4.69) is 12.7 Å². The second-order valence-corrected chi connectivity index (χ2v) is 2.96. The minimum absolute atomic E-state index is 0.712. The minimum Gasteiger partial charge on any atom is -0.370 e. The highest BCUT2D eigenvalue weighted by atomic mass is 16.5. The van der Waals surface area contributed by atoms with Crippen molar-refractivity contribution in [2.75, 3.05) is 32.8 Å². The van der Waals surface area contributed by atoms with Crippen molar-refractivity contribution >= 4 is 0 Å². The Morgan fingerprint density at radius 2 is 2.10 bits per heavy atom. The van der Waals surface area contributed by atoms with Crippen LogP contribution in [0.25, 0.3) is 0 Å². The Labute approximate surface area is 62.1 Å². The van der Waals surface area contributed by atoms with Gasteiger partial charge in [-0.25, -0.2) is 0 Å². The van der Waals surface area contributed by atoms with Gasteiger partial charge in [0.2, 0.25) is 0 Å². The predicted molar refractivity (Wildman–Crippen MR) is 38.7 cm³/mol. The molecule has 0 spiro atoms. The summed E-state index contributed by atoms with van der Waals surface area (Å²) in [7, 11) is 0. The van der Waals surface area contributed by atoms with Crippen molar-refractivity contribution in [2.24, 2.45) is 0 Å². The average molecular weight is 146 g/mol. The van der Waals surface area contributed by atoms with E-state index in [0.717, 1.165) is 32.8 Å². The number of morpholine rings is 1. The highest BCUT2D eigenvalue weighted by Crippen LogP contribution is 1.77. The van der Waals surface area contributed by atoms with Crippen LogP contribution in [0.2, 0.25) is 0 Å². The summed E-state index contributed by atoms with van der Waals surface area (Å²) < 4.78 is 5.25. The number of hydrogen-bond acceptors (Lipinski definition) is 1. The van der Waals surface area contributed by atoms with Crippen LogP contribution in [0, 0.1) is 0 Å².